The topological polar surface area (TPSA) is 41.6 Å². The van der Waals surface area contributed by atoms with Crippen LogP contribution in [-0.2, 0) is 4.79 Å². The van der Waals surface area contributed by atoms with Crippen LogP contribution >= 0.6 is 27.5 Å². The van der Waals surface area contributed by atoms with Crippen molar-refractivity contribution in [1.29, 1.82) is 0 Å². The van der Waals surface area contributed by atoms with Gasteiger partial charge in [0.2, 0.25) is 0 Å². The highest BCUT2D eigenvalue weighted by atomic mass is 79.9. The highest BCUT2D eigenvalue weighted by Gasteiger charge is 2.23. The molecule has 1 aromatic carbocycles. The first-order valence-corrected chi connectivity index (χ1v) is 8.81. The summed E-state index contributed by atoms with van der Waals surface area (Å²) in [5.41, 5.74) is 0. The quantitative estimate of drug-likeness (QED) is 0.838. The maximum Gasteiger partial charge on any atom is 0.260 e. The van der Waals surface area contributed by atoms with Crippen molar-refractivity contribution in [3.8, 4) is 5.75 Å². The van der Waals surface area contributed by atoms with E-state index in [-0.39, 0.29) is 11.9 Å². The van der Waals surface area contributed by atoms with E-state index in [1.54, 1.807) is 19.1 Å². The van der Waals surface area contributed by atoms with Crippen molar-refractivity contribution in [1.82, 2.24) is 10.2 Å². The van der Waals surface area contributed by atoms with Gasteiger partial charge in [-0.2, -0.15) is 0 Å². The number of carbonyl (C=O) groups is 1. The van der Waals surface area contributed by atoms with Gasteiger partial charge < -0.3 is 15.0 Å². The summed E-state index contributed by atoms with van der Waals surface area (Å²) in [5.74, 6) is 0.433. The number of likely N-dealkylation sites (tertiary alicyclic amines) is 1. The molecule has 2 rings (SSSR count). The molecule has 1 unspecified atom stereocenters. The number of amides is 1. The van der Waals surface area contributed by atoms with Gasteiger partial charge in [0.15, 0.2) is 6.10 Å². The molecule has 0 saturated carbocycles. The van der Waals surface area contributed by atoms with Crippen molar-refractivity contribution in [2.45, 2.75) is 38.8 Å². The molecule has 1 N–H and O–H groups in total. The highest BCUT2D eigenvalue weighted by Crippen LogP contribution is 2.28. The third-order valence-corrected chi connectivity index (χ3v) is 4.74. The Morgan fingerprint density at radius 1 is 1.50 bits per heavy atom. The van der Waals surface area contributed by atoms with Crippen molar-refractivity contribution < 1.29 is 9.53 Å². The van der Waals surface area contributed by atoms with Crippen LogP contribution in [0, 0.1) is 0 Å². The van der Waals surface area contributed by atoms with Crippen LogP contribution in [0.3, 0.4) is 0 Å². The summed E-state index contributed by atoms with van der Waals surface area (Å²) in [6.07, 6.45) is 1.42. The van der Waals surface area contributed by atoms with E-state index < -0.39 is 6.10 Å². The third kappa shape index (κ3) is 4.86. The zero-order chi connectivity index (χ0) is 16.1. The predicted octanol–water partition coefficient (Wildman–Crippen LogP) is 3.47. The molecule has 0 bridgehead atoms. The van der Waals surface area contributed by atoms with Crippen LogP contribution in [0.2, 0.25) is 5.02 Å². The molecular weight excluding hydrogens is 368 g/mol. The average molecular weight is 390 g/mol. The number of hydrogen-bond acceptors (Lipinski definition) is 3. The minimum atomic E-state index is -0.567. The summed E-state index contributed by atoms with van der Waals surface area (Å²) in [4.78, 5) is 14.6. The molecule has 1 fully saturated rings. The molecule has 6 heteroatoms. The predicted molar refractivity (Wildman–Crippen MR) is 92.5 cm³/mol. The van der Waals surface area contributed by atoms with E-state index in [2.05, 4.69) is 33.1 Å². The lowest BCUT2D eigenvalue weighted by molar-refractivity contribution is -0.128. The Morgan fingerprint density at radius 3 is 2.77 bits per heavy atom. The van der Waals surface area contributed by atoms with Gasteiger partial charge in [0.25, 0.3) is 5.91 Å². The van der Waals surface area contributed by atoms with E-state index in [0.717, 1.165) is 36.9 Å². The Morgan fingerprint density at radius 2 is 2.18 bits per heavy atom. The molecule has 1 saturated heterocycles. The van der Waals surface area contributed by atoms with Crippen LogP contribution in [0.15, 0.2) is 22.7 Å². The summed E-state index contributed by atoms with van der Waals surface area (Å²) in [6.45, 7) is 7.05. The maximum atomic E-state index is 12.2. The molecule has 1 aliphatic heterocycles. The van der Waals surface area contributed by atoms with Gasteiger partial charge in [-0.25, -0.2) is 0 Å². The molecular formula is C16H22BrClN2O2. The van der Waals surface area contributed by atoms with E-state index in [4.69, 9.17) is 16.3 Å². The summed E-state index contributed by atoms with van der Waals surface area (Å²) >= 11 is 9.45. The molecule has 0 aromatic heterocycles. The van der Waals surface area contributed by atoms with E-state index in [9.17, 15) is 4.79 Å². The molecule has 0 spiro atoms. The molecule has 1 atom stereocenters. The van der Waals surface area contributed by atoms with E-state index >= 15 is 0 Å². The van der Waals surface area contributed by atoms with Crippen molar-refractivity contribution in [2.24, 2.45) is 0 Å². The Hall–Kier alpha value is -0.780. The van der Waals surface area contributed by atoms with Gasteiger partial charge in [-0.1, -0.05) is 34.5 Å². The molecule has 22 heavy (non-hydrogen) atoms. The Balaban J connectivity index is 1.84. The second-order valence-electron chi connectivity index (χ2n) is 5.55. The summed E-state index contributed by atoms with van der Waals surface area (Å²) < 4.78 is 6.55. The number of benzene rings is 1. The second kappa shape index (κ2) is 8.18. The average Bonchev–Trinajstić information content (AvgIpc) is 2.50. The van der Waals surface area contributed by atoms with Crippen LogP contribution in [-0.4, -0.2) is 42.6 Å². The lowest BCUT2D eigenvalue weighted by Gasteiger charge is -2.32. The Bertz CT molecular complexity index is 519. The first kappa shape index (κ1) is 17.6. The highest BCUT2D eigenvalue weighted by molar-refractivity contribution is 9.10. The first-order valence-electron chi connectivity index (χ1n) is 7.64. The van der Waals surface area contributed by atoms with Crippen LogP contribution < -0.4 is 10.1 Å². The summed E-state index contributed by atoms with van der Waals surface area (Å²) in [7, 11) is 0. The lowest BCUT2D eigenvalue weighted by Crippen LogP contribution is -2.48. The number of carbonyl (C=O) groups excluding carboxylic acids is 1. The molecule has 1 heterocycles. The zero-order valence-electron chi connectivity index (χ0n) is 12.9. The van der Waals surface area contributed by atoms with Crippen LogP contribution in [0.4, 0.5) is 0 Å². The number of nitrogens with zero attached hydrogens (tertiary/aromatic N) is 1. The molecule has 1 amide bonds. The molecule has 122 valence electrons. The van der Waals surface area contributed by atoms with Crippen molar-refractivity contribution in [2.75, 3.05) is 19.6 Å². The van der Waals surface area contributed by atoms with Gasteiger partial charge in [0, 0.05) is 23.6 Å². The number of halogens is 2. The Kier molecular flexibility index (Phi) is 6.53. The van der Waals surface area contributed by atoms with Crippen LogP contribution in [0.25, 0.3) is 0 Å². The summed E-state index contributed by atoms with van der Waals surface area (Å²) in [5, 5.41) is 3.56. The zero-order valence-corrected chi connectivity index (χ0v) is 15.3. The SMILES string of the molecule is CCN1CCC(NC(=O)C(C)Oc2ccc(Br)cc2Cl)CC1. The smallest absolute Gasteiger partial charge is 0.260 e. The van der Waals surface area contributed by atoms with Gasteiger partial charge >= 0.3 is 0 Å². The number of rotatable bonds is 5. The normalized spacial score (nSPS) is 18.0. The Labute approximate surface area is 145 Å². The van der Waals surface area contributed by atoms with Crippen molar-refractivity contribution >= 4 is 33.4 Å². The lowest BCUT2D eigenvalue weighted by atomic mass is 10.0. The largest absolute Gasteiger partial charge is 0.479 e. The van der Waals surface area contributed by atoms with Gasteiger partial charge in [0.05, 0.1) is 5.02 Å². The minimum absolute atomic E-state index is 0.0890. The third-order valence-electron chi connectivity index (χ3n) is 3.95. The molecule has 4 nitrogen and oxygen atoms in total. The second-order valence-corrected chi connectivity index (χ2v) is 6.87. The molecule has 0 aliphatic carbocycles. The van der Waals surface area contributed by atoms with Crippen LogP contribution in [0.5, 0.6) is 5.75 Å². The monoisotopic (exact) mass is 388 g/mol. The number of ether oxygens (including phenoxy) is 1. The van der Waals surface area contributed by atoms with Crippen LogP contribution in [0.1, 0.15) is 26.7 Å². The van der Waals surface area contributed by atoms with Gasteiger partial charge in [-0.05, 0) is 44.5 Å². The van der Waals surface area contributed by atoms with Gasteiger partial charge in [0.1, 0.15) is 5.75 Å². The minimum Gasteiger partial charge on any atom is -0.479 e. The fourth-order valence-corrected chi connectivity index (χ4v) is 3.24. The fourth-order valence-electron chi connectivity index (χ4n) is 2.53. The van der Waals surface area contributed by atoms with Crippen molar-refractivity contribution in [3.63, 3.8) is 0 Å². The first-order chi connectivity index (χ1) is 10.5. The maximum absolute atomic E-state index is 12.2. The van der Waals surface area contributed by atoms with Crippen molar-refractivity contribution in [3.05, 3.63) is 27.7 Å². The van der Waals surface area contributed by atoms with E-state index in [1.807, 2.05) is 6.07 Å². The standard InChI is InChI=1S/C16H22BrClN2O2/c1-3-20-8-6-13(7-9-20)19-16(21)11(2)22-15-5-4-12(17)10-14(15)18/h4-5,10-11,13H,3,6-9H2,1-2H3,(H,19,21). The number of nitrogens with one attached hydrogen (secondary N) is 1. The molecule has 1 aliphatic rings. The molecule has 0 radical (unpaired) electrons. The number of hydrogen-bond donors (Lipinski definition) is 1. The molecule has 1 aromatic rings. The van der Waals surface area contributed by atoms with Gasteiger partial charge in [-0.3, -0.25) is 4.79 Å². The summed E-state index contributed by atoms with van der Waals surface area (Å²) in [6, 6.07) is 5.59. The van der Waals surface area contributed by atoms with Gasteiger partial charge in [-0.15, -0.1) is 0 Å². The number of piperidine rings is 1. The van der Waals surface area contributed by atoms with E-state index in [1.165, 1.54) is 0 Å². The van der Waals surface area contributed by atoms with E-state index in [0.29, 0.717) is 10.8 Å². The fraction of sp³-hybridized carbons (Fsp3) is 0.562.